The average Bonchev–Trinajstić information content (AvgIpc) is 2.43. The van der Waals surface area contributed by atoms with E-state index in [1.165, 1.54) is 13.2 Å². The monoisotopic (exact) mass is 283 g/mol. The van der Waals surface area contributed by atoms with Crippen LogP contribution in [0.1, 0.15) is 38.7 Å². The van der Waals surface area contributed by atoms with E-state index in [1.807, 2.05) is 0 Å². The number of hydrogen-bond acceptors (Lipinski definition) is 3. The fraction of sp³-hybridized carbons (Fsp3) is 0.625. The molecule has 0 heterocycles. The van der Waals surface area contributed by atoms with Crippen molar-refractivity contribution < 1.29 is 13.9 Å². The van der Waals surface area contributed by atoms with E-state index < -0.39 is 0 Å². The summed E-state index contributed by atoms with van der Waals surface area (Å²) < 4.78 is 24.2. The minimum absolute atomic E-state index is 0.219. The Morgan fingerprint density at radius 3 is 2.30 bits per heavy atom. The number of methoxy groups -OCH3 is 2. The third-order valence-electron chi connectivity index (χ3n) is 3.23. The van der Waals surface area contributed by atoms with Crippen molar-refractivity contribution in [3.8, 4) is 11.5 Å². The number of unbranched alkanes of at least 4 members (excludes halogenated alkanes) is 2. The van der Waals surface area contributed by atoms with Gasteiger partial charge in [-0.15, -0.1) is 0 Å². The number of nitrogens with one attached hydrogen (secondary N) is 1. The molecular formula is C16H26FNO2. The van der Waals surface area contributed by atoms with Gasteiger partial charge in [-0.1, -0.05) is 20.3 Å². The van der Waals surface area contributed by atoms with Crippen molar-refractivity contribution in [2.24, 2.45) is 0 Å². The largest absolute Gasteiger partial charge is 0.493 e. The van der Waals surface area contributed by atoms with Crippen LogP contribution in [0, 0.1) is 5.82 Å². The van der Waals surface area contributed by atoms with Gasteiger partial charge < -0.3 is 14.8 Å². The van der Waals surface area contributed by atoms with E-state index in [0.717, 1.165) is 32.2 Å². The zero-order valence-corrected chi connectivity index (χ0v) is 13.0. The molecule has 3 nitrogen and oxygen atoms in total. The molecule has 4 heteroatoms. The minimum atomic E-state index is -0.219. The molecule has 0 aliphatic rings. The molecule has 0 fully saturated rings. The molecule has 114 valence electrons. The Labute approximate surface area is 121 Å². The summed E-state index contributed by atoms with van der Waals surface area (Å²) in [5.41, 5.74) is 0.694. The summed E-state index contributed by atoms with van der Waals surface area (Å²) in [5.74, 6) is 0.809. The highest BCUT2D eigenvalue weighted by atomic mass is 19.1. The van der Waals surface area contributed by atoms with Crippen LogP contribution in [0.25, 0.3) is 0 Å². The van der Waals surface area contributed by atoms with Gasteiger partial charge in [-0.25, -0.2) is 4.39 Å². The van der Waals surface area contributed by atoms with Gasteiger partial charge in [0.25, 0.3) is 0 Å². The van der Waals surface area contributed by atoms with E-state index in [0.29, 0.717) is 23.1 Å². The van der Waals surface area contributed by atoms with Gasteiger partial charge in [0, 0.05) is 12.1 Å². The van der Waals surface area contributed by atoms with Crippen LogP contribution < -0.4 is 14.8 Å². The summed E-state index contributed by atoms with van der Waals surface area (Å²) in [6, 6.07) is 3.66. The molecule has 1 aromatic carbocycles. The topological polar surface area (TPSA) is 30.5 Å². The van der Waals surface area contributed by atoms with Crippen molar-refractivity contribution in [1.29, 1.82) is 0 Å². The van der Waals surface area contributed by atoms with Crippen LogP contribution in [0.15, 0.2) is 12.1 Å². The minimum Gasteiger partial charge on any atom is -0.493 e. The molecule has 0 amide bonds. The molecule has 0 atom stereocenters. The smallest absolute Gasteiger partial charge is 0.163 e. The fourth-order valence-corrected chi connectivity index (χ4v) is 2.10. The number of ether oxygens (including phenoxy) is 2. The van der Waals surface area contributed by atoms with Gasteiger partial charge in [0.15, 0.2) is 11.5 Å². The van der Waals surface area contributed by atoms with Crippen LogP contribution in [0.4, 0.5) is 4.39 Å². The maximum absolute atomic E-state index is 13.9. The van der Waals surface area contributed by atoms with Crippen LogP contribution in [-0.2, 0) is 6.42 Å². The van der Waals surface area contributed by atoms with Gasteiger partial charge in [0.05, 0.1) is 14.2 Å². The first-order chi connectivity index (χ1) is 9.58. The number of rotatable bonds is 9. The second-order valence-corrected chi connectivity index (χ2v) is 5.22. The van der Waals surface area contributed by atoms with Crippen LogP contribution >= 0.6 is 0 Å². The zero-order chi connectivity index (χ0) is 15.0. The van der Waals surface area contributed by atoms with Crippen molar-refractivity contribution in [3.63, 3.8) is 0 Å². The molecule has 0 spiro atoms. The Morgan fingerprint density at radius 1 is 1.05 bits per heavy atom. The molecule has 1 aromatic rings. The van der Waals surface area contributed by atoms with Crippen LogP contribution in [-0.4, -0.2) is 26.8 Å². The van der Waals surface area contributed by atoms with Crippen molar-refractivity contribution in [2.75, 3.05) is 20.8 Å². The molecule has 1 N–H and O–H groups in total. The summed E-state index contributed by atoms with van der Waals surface area (Å²) in [7, 11) is 3.08. The number of hydrogen-bond donors (Lipinski definition) is 1. The van der Waals surface area contributed by atoms with Crippen LogP contribution in [0.2, 0.25) is 0 Å². The number of benzene rings is 1. The molecule has 20 heavy (non-hydrogen) atoms. The van der Waals surface area contributed by atoms with E-state index >= 15 is 0 Å². The van der Waals surface area contributed by atoms with E-state index in [2.05, 4.69) is 19.2 Å². The molecule has 1 rings (SSSR count). The average molecular weight is 283 g/mol. The molecule has 0 aliphatic carbocycles. The van der Waals surface area contributed by atoms with Gasteiger partial charge >= 0.3 is 0 Å². The highest BCUT2D eigenvalue weighted by Gasteiger charge is 2.10. The Hall–Kier alpha value is -1.29. The standard InChI is InChI=1S/C16H26FNO2/c1-12(2)18-9-7-5-6-8-13-10-15(19-3)16(20-4)11-14(13)17/h10-12,18H,5-9H2,1-4H3. The summed E-state index contributed by atoms with van der Waals surface area (Å²) in [6.07, 6.45) is 3.92. The van der Waals surface area contributed by atoms with Crippen molar-refractivity contribution >= 4 is 0 Å². The van der Waals surface area contributed by atoms with Gasteiger partial charge in [0.2, 0.25) is 0 Å². The maximum Gasteiger partial charge on any atom is 0.163 e. The Balaban J connectivity index is 2.43. The number of aryl methyl sites for hydroxylation is 1. The molecule has 0 radical (unpaired) electrons. The van der Waals surface area contributed by atoms with Crippen molar-refractivity contribution in [2.45, 2.75) is 45.6 Å². The van der Waals surface area contributed by atoms with Gasteiger partial charge in [0.1, 0.15) is 5.82 Å². The summed E-state index contributed by atoms with van der Waals surface area (Å²) >= 11 is 0. The van der Waals surface area contributed by atoms with Crippen molar-refractivity contribution in [3.05, 3.63) is 23.5 Å². The molecule has 0 unspecified atom stereocenters. The Kier molecular flexibility index (Phi) is 7.37. The molecule has 0 aromatic heterocycles. The first-order valence-corrected chi connectivity index (χ1v) is 7.22. The van der Waals surface area contributed by atoms with Crippen LogP contribution in [0.3, 0.4) is 0 Å². The molecule has 0 saturated heterocycles. The normalized spacial score (nSPS) is 10.9. The lowest BCUT2D eigenvalue weighted by atomic mass is 10.1. The van der Waals surface area contributed by atoms with Crippen molar-refractivity contribution in [1.82, 2.24) is 5.32 Å². The van der Waals surface area contributed by atoms with Gasteiger partial charge in [-0.3, -0.25) is 0 Å². The van der Waals surface area contributed by atoms with Gasteiger partial charge in [-0.05, 0) is 37.4 Å². The molecule has 0 bridgehead atoms. The van der Waals surface area contributed by atoms with E-state index in [-0.39, 0.29) is 5.82 Å². The highest BCUT2D eigenvalue weighted by molar-refractivity contribution is 5.43. The molecular weight excluding hydrogens is 257 g/mol. The Bertz CT molecular complexity index is 408. The third kappa shape index (κ3) is 5.37. The number of halogens is 1. The van der Waals surface area contributed by atoms with E-state index in [4.69, 9.17) is 9.47 Å². The lowest BCUT2D eigenvalue weighted by molar-refractivity contribution is 0.351. The molecule has 0 saturated carbocycles. The second kappa shape index (κ2) is 8.80. The van der Waals surface area contributed by atoms with E-state index in [1.54, 1.807) is 13.2 Å². The predicted octanol–water partition coefficient (Wildman–Crippen LogP) is 3.55. The first kappa shape index (κ1) is 16.8. The maximum atomic E-state index is 13.9. The third-order valence-corrected chi connectivity index (χ3v) is 3.23. The van der Waals surface area contributed by atoms with E-state index in [9.17, 15) is 4.39 Å². The fourth-order valence-electron chi connectivity index (χ4n) is 2.10. The summed E-state index contributed by atoms with van der Waals surface area (Å²) in [5, 5.41) is 3.38. The zero-order valence-electron chi connectivity index (χ0n) is 13.0. The second-order valence-electron chi connectivity index (χ2n) is 5.22. The van der Waals surface area contributed by atoms with Crippen LogP contribution in [0.5, 0.6) is 11.5 Å². The SMILES string of the molecule is COc1cc(F)c(CCCCCNC(C)C)cc1OC. The lowest BCUT2D eigenvalue weighted by Crippen LogP contribution is -2.23. The summed E-state index contributed by atoms with van der Waals surface area (Å²) in [4.78, 5) is 0. The highest BCUT2D eigenvalue weighted by Crippen LogP contribution is 2.30. The molecule has 0 aliphatic heterocycles. The summed E-state index contributed by atoms with van der Waals surface area (Å²) in [6.45, 7) is 5.30. The quantitative estimate of drug-likeness (QED) is 0.703. The lowest BCUT2D eigenvalue weighted by Gasteiger charge is -2.11. The van der Waals surface area contributed by atoms with Gasteiger partial charge in [-0.2, -0.15) is 0 Å². The first-order valence-electron chi connectivity index (χ1n) is 7.22. The predicted molar refractivity (Wildman–Crippen MR) is 80.2 cm³/mol. The Morgan fingerprint density at radius 2 is 1.70 bits per heavy atom.